The van der Waals surface area contributed by atoms with Crippen molar-refractivity contribution in [1.29, 1.82) is 0 Å². The number of carboxylic acids is 1. The summed E-state index contributed by atoms with van der Waals surface area (Å²) in [6, 6.07) is 7.12. The quantitative estimate of drug-likeness (QED) is 0.757. The highest BCUT2D eigenvalue weighted by Crippen LogP contribution is 2.34. The van der Waals surface area contributed by atoms with Gasteiger partial charge in [0.15, 0.2) is 0 Å². The van der Waals surface area contributed by atoms with Crippen LogP contribution in [0.2, 0.25) is 0 Å². The summed E-state index contributed by atoms with van der Waals surface area (Å²) < 4.78 is 0. The maximum absolute atomic E-state index is 11.3. The molecule has 4 N–H and O–H groups in total. The van der Waals surface area contributed by atoms with Gasteiger partial charge in [-0.25, -0.2) is 0 Å². The fraction of sp³-hybridized carbons (Fsp3) is 0.438. The first-order valence-corrected chi connectivity index (χ1v) is 7.11. The SMILES string of the molecule is CCCC[C@@H](c1c(C)[nH]c2ccccc12)[C@H](N)C(=O)O. The molecule has 2 rings (SSSR count). The van der Waals surface area contributed by atoms with Gasteiger partial charge in [-0.2, -0.15) is 0 Å². The molecule has 0 unspecified atom stereocenters. The van der Waals surface area contributed by atoms with Crippen molar-refractivity contribution in [2.24, 2.45) is 5.73 Å². The summed E-state index contributed by atoms with van der Waals surface area (Å²) in [7, 11) is 0. The first kappa shape index (κ1) is 14.6. The maximum Gasteiger partial charge on any atom is 0.321 e. The summed E-state index contributed by atoms with van der Waals surface area (Å²) in [5.74, 6) is -1.08. The molecule has 1 heterocycles. The molecule has 1 aromatic heterocycles. The highest BCUT2D eigenvalue weighted by Gasteiger charge is 2.28. The van der Waals surface area contributed by atoms with Crippen LogP contribution in [0.4, 0.5) is 0 Å². The molecule has 20 heavy (non-hydrogen) atoms. The van der Waals surface area contributed by atoms with Crippen molar-refractivity contribution in [2.45, 2.75) is 45.1 Å². The molecule has 1 aromatic carbocycles. The predicted octanol–water partition coefficient (Wildman–Crippen LogP) is 3.16. The first-order chi connectivity index (χ1) is 9.56. The van der Waals surface area contributed by atoms with E-state index < -0.39 is 12.0 Å². The number of para-hydroxylation sites is 1. The Kier molecular flexibility index (Phi) is 4.45. The van der Waals surface area contributed by atoms with Crippen LogP contribution in [0.5, 0.6) is 0 Å². The maximum atomic E-state index is 11.3. The molecule has 0 fully saturated rings. The molecule has 2 atom stereocenters. The number of carbonyl (C=O) groups is 1. The van der Waals surface area contributed by atoms with E-state index >= 15 is 0 Å². The van der Waals surface area contributed by atoms with E-state index in [1.807, 2.05) is 31.2 Å². The molecular formula is C16H22N2O2. The smallest absolute Gasteiger partial charge is 0.321 e. The zero-order valence-electron chi connectivity index (χ0n) is 12.0. The molecule has 2 aromatic rings. The highest BCUT2D eigenvalue weighted by atomic mass is 16.4. The van der Waals surface area contributed by atoms with Gasteiger partial charge in [0.25, 0.3) is 0 Å². The molecule has 4 heteroatoms. The van der Waals surface area contributed by atoms with E-state index in [1.165, 1.54) is 0 Å². The Labute approximate surface area is 119 Å². The number of aromatic nitrogens is 1. The minimum atomic E-state index is -0.934. The lowest BCUT2D eigenvalue weighted by Crippen LogP contribution is -2.36. The zero-order valence-corrected chi connectivity index (χ0v) is 12.0. The monoisotopic (exact) mass is 274 g/mol. The van der Waals surface area contributed by atoms with E-state index in [9.17, 15) is 9.90 Å². The Balaban J connectivity index is 2.49. The second-order valence-electron chi connectivity index (χ2n) is 5.32. The molecule has 108 valence electrons. The number of aliphatic carboxylic acids is 1. The minimum Gasteiger partial charge on any atom is -0.480 e. The van der Waals surface area contributed by atoms with E-state index in [2.05, 4.69) is 11.9 Å². The van der Waals surface area contributed by atoms with Gasteiger partial charge in [0.1, 0.15) is 6.04 Å². The summed E-state index contributed by atoms with van der Waals surface area (Å²) in [6.45, 7) is 4.09. The molecule has 0 saturated heterocycles. The average Bonchev–Trinajstić information content (AvgIpc) is 2.75. The summed E-state index contributed by atoms with van der Waals surface area (Å²) in [6.07, 6.45) is 2.81. The van der Waals surface area contributed by atoms with Gasteiger partial charge in [0.05, 0.1) is 0 Å². The lowest BCUT2D eigenvalue weighted by molar-refractivity contribution is -0.139. The second kappa shape index (κ2) is 6.09. The van der Waals surface area contributed by atoms with Gasteiger partial charge in [0, 0.05) is 22.5 Å². The fourth-order valence-corrected chi connectivity index (χ4v) is 2.88. The van der Waals surface area contributed by atoms with Crippen LogP contribution in [0.3, 0.4) is 0 Å². The normalized spacial score (nSPS) is 14.3. The van der Waals surface area contributed by atoms with Gasteiger partial charge in [0.2, 0.25) is 0 Å². The molecule has 4 nitrogen and oxygen atoms in total. The standard InChI is InChI=1S/C16H22N2O2/c1-3-4-7-12(15(17)16(19)20)14-10(2)18-13-9-6-5-8-11(13)14/h5-6,8-9,12,15,18H,3-4,7,17H2,1-2H3,(H,19,20)/t12-,15-/m0/s1. The number of H-pyrrole nitrogens is 1. The Bertz CT molecular complexity index is 604. The molecule has 0 saturated carbocycles. The molecule has 0 aliphatic rings. The van der Waals surface area contributed by atoms with Crippen LogP contribution >= 0.6 is 0 Å². The van der Waals surface area contributed by atoms with Gasteiger partial charge in [-0.1, -0.05) is 38.0 Å². The van der Waals surface area contributed by atoms with Crippen LogP contribution in [-0.4, -0.2) is 22.1 Å². The van der Waals surface area contributed by atoms with Crippen LogP contribution in [0.25, 0.3) is 10.9 Å². The molecular weight excluding hydrogens is 252 g/mol. The molecule has 0 aliphatic heterocycles. The number of nitrogens with two attached hydrogens (primary N) is 1. The number of benzene rings is 1. The van der Waals surface area contributed by atoms with Gasteiger partial charge in [-0.05, 0) is 25.0 Å². The van der Waals surface area contributed by atoms with Crippen molar-refractivity contribution in [3.05, 3.63) is 35.5 Å². The highest BCUT2D eigenvalue weighted by molar-refractivity contribution is 5.86. The van der Waals surface area contributed by atoms with Crippen LogP contribution in [0, 0.1) is 6.92 Å². The summed E-state index contributed by atoms with van der Waals surface area (Å²) in [5.41, 5.74) is 9.06. The average molecular weight is 274 g/mol. The Hall–Kier alpha value is -1.81. The van der Waals surface area contributed by atoms with E-state index in [-0.39, 0.29) is 5.92 Å². The number of nitrogens with one attached hydrogen (secondary N) is 1. The summed E-state index contributed by atoms with van der Waals surface area (Å²) in [4.78, 5) is 14.6. The Morgan fingerprint density at radius 3 is 2.75 bits per heavy atom. The van der Waals surface area contributed by atoms with E-state index in [0.717, 1.165) is 41.4 Å². The number of hydrogen-bond donors (Lipinski definition) is 3. The van der Waals surface area contributed by atoms with Gasteiger partial charge < -0.3 is 15.8 Å². The van der Waals surface area contributed by atoms with Crippen LogP contribution < -0.4 is 5.73 Å². The van der Waals surface area contributed by atoms with Crippen molar-refractivity contribution < 1.29 is 9.90 Å². The third kappa shape index (κ3) is 2.70. The number of aromatic amines is 1. The minimum absolute atomic E-state index is 0.149. The van der Waals surface area contributed by atoms with Crippen LogP contribution in [0.1, 0.15) is 43.4 Å². The lowest BCUT2D eigenvalue weighted by Gasteiger charge is -2.21. The van der Waals surface area contributed by atoms with E-state index in [4.69, 9.17) is 5.73 Å². The predicted molar refractivity (Wildman–Crippen MR) is 80.9 cm³/mol. The number of unbranched alkanes of at least 4 members (excludes halogenated alkanes) is 1. The molecule has 0 bridgehead atoms. The Morgan fingerprint density at radius 1 is 1.40 bits per heavy atom. The topological polar surface area (TPSA) is 79.1 Å². The van der Waals surface area contributed by atoms with Gasteiger partial charge >= 0.3 is 5.97 Å². The fourth-order valence-electron chi connectivity index (χ4n) is 2.88. The van der Waals surface area contributed by atoms with Crippen molar-refractivity contribution in [1.82, 2.24) is 4.98 Å². The zero-order chi connectivity index (χ0) is 14.7. The Morgan fingerprint density at radius 2 is 2.10 bits per heavy atom. The summed E-state index contributed by atoms with van der Waals surface area (Å²) >= 11 is 0. The molecule has 0 amide bonds. The molecule has 0 spiro atoms. The molecule has 0 aliphatic carbocycles. The summed E-state index contributed by atoms with van der Waals surface area (Å²) in [5, 5.41) is 10.4. The van der Waals surface area contributed by atoms with Crippen molar-refractivity contribution in [3.8, 4) is 0 Å². The number of carboxylic acid groups (broad SMARTS) is 1. The number of hydrogen-bond acceptors (Lipinski definition) is 2. The van der Waals surface area contributed by atoms with Crippen LogP contribution in [-0.2, 0) is 4.79 Å². The third-order valence-corrected chi connectivity index (χ3v) is 3.90. The van der Waals surface area contributed by atoms with Crippen molar-refractivity contribution in [2.75, 3.05) is 0 Å². The van der Waals surface area contributed by atoms with Crippen LogP contribution in [0.15, 0.2) is 24.3 Å². The lowest BCUT2D eigenvalue weighted by atomic mass is 9.85. The largest absolute Gasteiger partial charge is 0.480 e. The number of aryl methyl sites for hydroxylation is 1. The number of fused-ring (bicyclic) bond motifs is 1. The van der Waals surface area contributed by atoms with Gasteiger partial charge in [-0.15, -0.1) is 0 Å². The van der Waals surface area contributed by atoms with E-state index in [1.54, 1.807) is 0 Å². The van der Waals surface area contributed by atoms with Gasteiger partial charge in [-0.3, -0.25) is 4.79 Å². The first-order valence-electron chi connectivity index (χ1n) is 7.11. The van der Waals surface area contributed by atoms with E-state index in [0.29, 0.717) is 0 Å². The third-order valence-electron chi connectivity index (χ3n) is 3.90. The molecule has 0 radical (unpaired) electrons. The second-order valence-corrected chi connectivity index (χ2v) is 5.32. The van der Waals surface area contributed by atoms with Crippen molar-refractivity contribution in [3.63, 3.8) is 0 Å². The van der Waals surface area contributed by atoms with Crippen molar-refractivity contribution >= 4 is 16.9 Å². The number of rotatable bonds is 6.